The van der Waals surface area contributed by atoms with Gasteiger partial charge in [-0.25, -0.2) is 0 Å². The number of nitrogens with one attached hydrogen (secondary N) is 2. The average molecular weight is 225 g/mol. The van der Waals surface area contributed by atoms with Crippen molar-refractivity contribution in [3.63, 3.8) is 0 Å². The van der Waals surface area contributed by atoms with Crippen molar-refractivity contribution < 1.29 is 0 Å². The van der Waals surface area contributed by atoms with Crippen molar-refractivity contribution in [2.45, 2.75) is 25.8 Å². The van der Waals surface area contributed by atoms with E-state index in [-0.39, 0.29) is 11.6 Å². The van der Waals surface area contributed by atoms with Gasteiger partial charge in [0.1, 0.15) is 0 Å². The quantitative estimate of drug-likeness (QED) is 0.540. The molecule has 0 saturated heterocycles. The van der Waals surface area contributed by atoms with Gasteiger partial charge in [0.2, 0.25) is 0 Å². The Morgan fingerprint density at radius 1 is 1.73 bits per heavy atom. The van der Waals surface area contributed by atoms with E-state index in [1.54, 1.807) is 6.20 Å². The van der Waals surface area contributed by atoms with E-state index < -0.39 is 0 Å². The predicted molar refractivity (Wildman–Crippen MR) is 63.2 cm³/mol. The zero-order chi connectivity index (χ0) is 11.4. The van der Waals surface area contributed by atoms with Crippen molar-refractivity contribution in [2.75, 3.05) is 0 Å². The normalized spacial score (nSPS) is 12.4. The highest BCUT2D eigenvalue weighted by Gasteiger charge is 2.09. The lowest BCUT2D eigenvalue weighted by Gasteiger charge is -2.10. The highest BCUT2D eigenvalue weighted by Crippen LogP contribution is 2.13. The highest BCUT2D eigenvalue weighted by atomic mass is 32.1. The Bertz CT molecular complexity index is 460. The fourth-order valence-electron chi connectivity index (χ4n) is 1.25. The Hall–Kier alpha value is -1.20. The Kier molecular flexibility index (Phi) is 3.99. The molecule has 1 aromatic heterocycles. The summed E-state index contributed by atoms with van der Waals surface area (Å²) in [5.41, 5.74) is 7.26. The lowest BCUT2D eigenvalue weighted by Crippen LogP contribution is -2.22. The third kappa shape index (κ3) is 3.45. The lowest BCUT2D eigenvalue weighted by atomic mass is 10.0. The Morgan fingerprint density at radius 3 is 2.93 bits per heavy atom. The maximum atomic E-state index is 11.5. The van der Waals surface area contributed by atoms with Crippen molar-refractivity contribution >= 4 is 12.2 Å². The first-order chi connectivity index (χ1) is 7.00. The van der Waals surface area contributed by atoms with Gasteiger partial charge in [0.05, 0.1) is 5.56 Å². The second-order valence-corrected chi connectivity index (χ2v) is 4.04. The minimum absolute atomic E-state index is 0.215. The first-order valence-electron chi connectivity index (χ1n) is 4.72. The van der Waals surface area contributed by atoms with Crippen LogP contribution in [0.25, 0.3) is 0 Å². The van der Waals surface area contributed by atoms with Gasteiger partial charge < -0.3 is 10.7 Å². The molecule has 0 spiro atoms. The van der Waals surface area contributed by atoms with Gasteiger partial charge in [0, 0.05) is 12.2 Å². The molecule has 1 atom stereocenters. The standard InChI is InChI=1S/C10H15N3OS/c1-6(2)3-4-8(11)7-5-12-10(15)13-9(7)14/h5,8H,1,3-4,11H2,2H3,(H2,12,13,14,15). The summed E-state index contributed by atoms with van der Waals surface area (Å²) in [6, 6.07) is -0.280. The third-order valence-electron chi connectivity index (χ3n) is 2.13. The molecule has 0 aliphatic heterocycles. The number of hydrogen-bond donors (Lipinski definition) is 3. The molecule has 1 unspecified atom stereocenters. The highest BCUT2D eigenvalue weighted by molar-refractivity contribution is 7.71. The fourth-order valence-corrected chi connectivity index (χ4v) is 1.40. The molecule has 4 N–H and O–H groups in total. The minimum atomic E-state index is -0.280. The van der Waals surface area contributed by atoms with E-state index in [2.05, 4.69) is 16.5 Å². The van der Waals surface area contributed by atoms with E-state index in [9.17, 15) is 4.79 Å². The van der Waals surface area contributed by atoms with Gasteiger partial charge in [-0.1, -0.05) is 5.57 Å². The van der Waals surface area contributed by atoms with E-state index in [1.807, 2.05) is 6.92 Å². The first-order valence-corrected chi connectivity index (χ1v) is 5.13. The lowest BCUT2D eigenvalue weighted by molar-refractivity contribution is 0.637. The zero-order valence-corrected chi connectivity index (χ0v) is 9.49. The van der Waals surface area contributed by atoms with Crippen molar-refractivity contribution in [2.24, 2.45) is 5.73 Å². The molecule has 0 bridgehead atoms. The number of aromatic nitrogens is 2. The van der Waals surface area contributed by atoms with Crippen LogP contribution in [0, 0.1) is 4.77 Å². The van der Waals surface area contributed by atoms with Crippen LogP contribution in [0.1, 0.15) is 31.4 Å². The summed E-state index contributed by atoms with van der Waals surface area (Å²) in [5.74, 6) is 0. The molecule has 5 heteroatoms. The number of aromatic amines is 2. The molecule has 82 valence electrons. The van der Waals surface area contributed by atoms with Gasteiger partial charge in [-0.3, -0.25) is 9.78 Å². The van der Waals surface area contributed by atoms with Crippen LogP contribution in [-0.2, 0) is 0 Å². The van der Waals surface area contributed by atoms with Gasteiger partial charge in [0.25, 0.3) is 5.56 Å². The van der Waals surface area contributed by atoms with Crippen LogP contribution in [0.2, 0.25) is 0 Å². The molecule has 1 heterocycles. The number of hydrogen-bond acceptors (Lipinski definition) is 3. The summed E-state index contributed by atoms with van der Waals surface area (Å²) in [4.78, 5) is 16.8. The summed E-state index contributed by atoms with van der Waals surface area (Å²) in [7, 11) is 0. The second-order valence-electron chi connectivity index (χ2n) is 3.63. The van der Waals surface area contributed by atoms with Crippen LogP contribution in [-0.4, -0.2) is 9.97 Å². The molecule has 0 saturated carbocycles. The third-order valence-corrected chi connectivity index (χ3v) is 2.35. The molecule has 15 heavy (non-hydrogen) atoms. The smallest absolute Gasteiger partial charge is 0.256 e. The van der Waals surface area contributed by atoms with Crippen LogP contribution in [0.15, 0.2) is 23.1 Å². The van der Waals surface area contributed by atoms with E-state index in [0.717, 1.165) is 12.0 Å². The minimum Gasteiger partial charge on any atom is -0.338 e. The molecular weight excluding hydrogens is 210 g/mol. The maximum absolute atomic E-state index is 11.5. The average Bonchev–Trinajstić information content (AvgIpc) is 2.14. The summed E-state index contributed by atoms with van der Waals surface area (Å²) in [6.45, 7) is 5.73. The van der Waals surface area contributed by atoms with E-state index in [1.165, 1.54) is 0 Å². The van der Waals surface area contributed by atoms with E-state index in [4.69, 9.17) is 18.0 Å². The first kappa shape index (κ1) is 11.9. The van der Waals surface area contributed by atoms with Crippen LogP contribution < -0.4 is 11.3 Å². The number of allylic oxidation sites excluding steroid dienone is 1. The Morgan fingerprint density at radius 2 is 2.40 bits per heavy atom. The molecule has 0 radical (unpaired) electrons. The Balaban J connectivity index is 2.82. The van der Waals surface area contributed by atoms with Gasteiger partial charge in [-0.2, -0.15) is 0 Å². The summed E-state index contributed by atoms with van der Waals surface area (Å²) >= 11 is 4.79. The SMILES string of the molecule is C=C(C)CCC(N)c1c[nH]c(=S)[nH]c1=O. The monoisotopic (exact) mass is 225 g/mol. The maximum Gasteiger partial charge on any atom is 0.256 e. The molecule has 0 fully saturated rings. The molecule has 0 amide bonds. The molecule has 0 aliphatic rings. The van der Waals surface area contributed by atoms with Crippen molar-refractivity contribution in [1.29, 1.82) is 0 Å². The molecule has 1 rings (SSSR count). The van der Waals surface area contributed by atoms with Gasteiger partial charge >= 0.3 is 0 Å². The van der Waals surface area contributed by atoms with Crippen LogP contribution in [0.4, 0.5) is 0 Å². The molecule has 0 aromatic carbocycles. The fraction of sp³-hybridized carbons (Fsp3) is 0.400. The molecule has 4 nitrogen and oxygen atoms in total. The van der Waals surface area contributed by atoms with Crippen LogP contribution >= 0.6 is 12.2 Å². The Labute approximate surface area is 93.2 Å². The van der Waals surface area contributed by atoms with E-state index in [0.29, 0.717) is 16.8 Å². The van der Waals surface area contributed by atoms with Crippen LogP contribution in [0.5, 0.6) is 0 Å². The molecule has 1 aromatic rings. The van der Waals surface area contributed by atoms with Crippen molar-refractivity contribution in [3.8, 4) is 0 Å². The van der Waals surface area contributed by atoms with Gasteiger partial charge in [-0.15, -0.1) is 6.58 Å². The van der Waals surface area contributed by atoms with Crippen molar-refractivity contribution in [1.82, 2.24) is 9.97 Å². The number of nitrogens with two attached hydrogens (primary N) is 1. The largest absolute Gasteiger partial charge is 0.338 e. The van der Waals surface area contributed by atoms with Crippen molar-refractivity contribution in [3.05, 3.63) is 39.0 Å². The van der Waals surface area contributed by atoms with Gasteiger partial charge in [0.15, 0.2) is 4.77 Å². The zero-order valence-electron chi connectivity index (χ0n) is 8.67. The number of H-pyrrole nitrogens is 2. The summed E-state index contributed by atoms with van der Waals surface area (Å²) < 4.78 is 0.316. The number of rotatable bonds is 4. The molecule has 0 aliphatic carbocycles. The van der Waals surface area contributed by atoms with Gasteiger partial charge in [-0.05, 0) is 32.0 Å². The second kappa shape index (κ2) is 5.04. The molecular formula is C10H15N3OS. The van der Waals surface area contributed by atoms with Crippen LogP contribution in [0.3, 0.4) is 0 Å². The summed E-state index contributed by atoms with van der Waals surface area (Å²) in [5, 5.41) is 0. The van der Waals surface area contributed by atoms with E-state index >= 15 is 0 Å². The topological polar surface area (TPSA) is 74.7 Å². The summed E-state index contributed by atoms with van der Waals surface area (Å²) in [6.07, 6.45) is 3.10. The predicted octanol–water partition coefficient (Wildman–Crippen LogP) is 1.79.